The molecule has 3 atom stereocenters. The van der Waals surface area contributed by atoms with Gasteiger partial charge >= 0.3 is 12.1 Å². The Kier molecular flexibility index (Phi) is 6.42. The number of alkyl halides is 3. The highest BCUT2D eigenvalue weighted by Crippen LogP contribution is 2.60. The average Bonchev–Trinajstić information content (AvgIpc) is 3.27. The van der Waals surface area contributed by atoms with Gasteiger partial charge in [0.2, 0.25) is 6.10 Å². The minimum absolute atomic E-state index is 0.0789. The monoisotopic (exact) mass is 465 g/mol. The minimum atomic E-state index is -4.69. The number of allylic oxidation sites excluding steroid dienone is 2. The lowest BCUT2D eigenvalue weighted by Crippen LogP contribution is -2.14. The number of esters is 1. The first kappa shape index (κ1) is 23.5. The predicted octanol–water partition coefficient (Wildman–Crippen LogP) is 6.25. The molecule has 3 rings (SSSR count). The van der Waals surface area contributed by atoms with Crippen LogP contribution in [0.5, 0.6) is 17.2 Å². The van der Waals surface area contributed by atoms with Crippen LogP contribution >= 0.6 is 11.6 Å². The van der Waals surface area contributed by atoms with Crippen molar-refractivity contribution in [1.29, 1.82) is 5.26 Å². The normalized spacial score (nSPS) is 20.7. The third-order valence-corrected chi connectivity index (χ3v) is 5.69. The standard InChI is InChI=1S/C23H19ClF3NO4/c1-22(2)17(11-19(24)23(25,26)27)20(22)21(30)32-18(12-28)13-4-3-5-16(10-13)31-15-8-6-14(29)7-9-15/h3-11,17-18,20,29H,1-2H3. The number of carbonyl (C=O) groups excluding carboxylic acids is 1. The molecule has 0 amide bonds. The van der Waals surface area contributed by atoms with Crippen molar-refractivity contribution < 1.29 is 32.5 Å². The van der Waals surface area contributed by atoms with E-state index in [0.29, 0.717) is 17.1 Å². The van der Waals surface area contributed by atoms with Gasteiger partial charge in [-0.05, 0) is 47.7 Å². The number of nitriles is 1. The molecule has 32 heavy (non-hydrogen) atoms. The maximum atomic E-state index is 12.7. The number of phenolic OH excluding ortho intramolecular Hbond substituents is 1. The molecule has 0 spiro atoms. The Morgan fingerprint density at radius 2 is 1.88 bits per heavy atom. The van der Waals surface area contributed by atoms with Crippen molar-refractivity contribution in [3.63, 3.8) is 0 Å². The molecule has 0 saturated heterocycles. The lowest BCUT2D eigenvalue weighted by Gasteiger charge is -2.13. The summed E-state index contributed by atoms with van der Waals surface area (Å²) in [5.41, 5.74) is -0.442. The van der Waals surface area contributed by atoms with Gasteiger partial charge in [-0.2, -0.15) is 18.4 Å². The van der Waals surface area contributed by atoms with E-state index in [1.807, 2.05) is 6.07 Å². The number of aromatic hydroxyl groups is 1. The van der Waals surface area contributed by atoms with Crippen LogP contribution in [0.4, 0.5) is 13.2 Å². The van der Waals surface area contributed by atoms with Crippen LogP contribution in [0.15, 0.2) is 59.6 Å². The number of ether oxygens (including phenoxy) is 2. The Morgan fingerprint density at radius 3 is 2.47 bits per heavy atom. The van der Waals surface area contributed by atoms with E-state index in [0.717, 1.165) is 6.08 Å². The van der Waals surface area contributed by atoms with Crippen LogP contribution in [0, 0.1) is 28.6 Å². The molecule has 9 heteroatoms. The zero-order chi connectivity index (χ0) is 23.7. The third kappa shape index (κ3) is 5.17. The van der Waals surface area contributed by atoms with E-state index in [9.17, 15) is 28.3 Å². The molecule has 1 saturated carbocycles. The van der Waals surface area contributed by atoms with Crippen LogP contribution in [0.25, 0.3) is 0 Å². The number of carbonyl (C=O) groups is 1. The van der Waals surface area contributed by atoms with Gasteiger partial charge in [-0.25, -0.2) is 0 Å². The third-order valence-electron chi connectivity index (χ3n) is 5.35. The quantitative estimate of drug-likeness (QED) is 0.510. The average molecular weight is 466 g/mol. The molecule has 0 aliphatic heterocycles. The summed E-state index contributed by atoms with van der Waals surface area (Å²) < 4.78 is 49.2. The van der Waals surface area contributed by atoms with Crippen molar-refractivity contribution >= 4 is 17.6 Å². The maximum Gasteiger partial charge on any atom is 0.426 e. The summed E-state index contributed by atoms with van der Waals surface area (Å²) in [6.45, 7) is 3.27. The fourth-order valence-electron chi connectivity index (χ4n) is 3.44. The van der Waals surface area contributed by atoms with Crippen LogP contribution in [0.2, 0.25) is 0 Å². The summed E-state index contributed by atoms with van der Waals surface area (Å²) in [7, 11) is 0. The van der Waals surface area contributed by atoms with Gasteiger partial charge in [0.25, 0.3) is 0 Å². The molecule has 0 bridgehead atoms. The van der Waals surface area contributed by atoms with Gasteiger partial charge in [-0.15, -0.1) is 0 Å². The lowest BCUT2D eigenvalue weighted by molar-refractivity contribution is -0.149. The number of benzene rings is 2. The number of nitrogens with zero attached hydrogens (tertiary/aromatic N) is 1. The molecule has 1 aliphatic carbocycles. The fourth-order valence-corrected chi connectivity index (χ4v) is 3.58. The van der Waals surface area contributed by atoms with Gasteiger partial charge in [0.1, 0.15) is 28.4 Å². The lowest BCUT2D eigenvalue weighted by atomic mass is 10.1. The molecule has 1 aliphatic rings. The van der Waals surface area contributed by atoms with Gasteiger partial charge < -0.3 is 14.6 Å². The van der Waals surface area contributed by atoms with Crippen molar-refractivity contribution in [1.82, 2.24) is 0 Å². The topological polar surface area (TPSA) is 79.6 Å². The summed E-state index contributed by atoms with van der Waals surface area (Å²) in [4.78, 5) is 12.6. The molecular weight excluding hydrogens is 447 g/mol. The van der Waals surface area contributed by atoms with Crippen LogP contribution in [0.3, 0.4) is 0 Å². The van der Waals surface area contributed by atoms with Crippen LogP contribution in [-0.4, -0.2) is 17.3 Å². The largest absolute Gasteiger partial charge is 0.508 e. The highest BCUT2D eigenvalue weighted by Gasteiger charge is 2.62. The van der Waals surface area contributed by atoms with Crippen LogP contribution in [-0.2, 0) is 9.53 Å². The molecular formula is C23H19ClF3NO4. The molecule has 2 aromatic rings. The molecule has 1 N–H and O–H groups in total. The molecule has 0 aromatic heterocycles. The van der Waals surface area contributed by atoms with Crippen molar-refractivity contribution in [2.24, 2.45) is 17.3 Å². The Balaban J connectivity index is 1.72. The Bertz CT molecular complexity index is 1070. The van der Waals surface area contributed by atoms with Crippen molar-refractivity contribution in [2.45, 2.75) is 26.1 Å². The molecule has 0 heterocycles. The van der Waals surface area contributed by atoms with Crippen molar-refractivity contribution in [3.05, 3.63) is 65.2 Å². The van der Waals surface area contributed by atoms with Gasteiger partial charge in [0.15, 0.2) is 0 Å². The Labute approximate surface area is 187 Å². The zero-order valence-electron chi connectivity index (χ0n) is 17.1. The Hall–Kier alpha value is -3.18. The van der Waals surface area contributed by atoms with Gasteiger partial charge in [-0.1, -0.05) is 43.7 Å². The van der Waals surface area contributed by atoms with Crippen molar-refractivity contribution in [2.75, 3.05) is 0 Å². The van der Waals surface area contributed by atoms with Gasteiger partial charge in [0.05, 0.1) is 5.92 Å². The van der Waals surface area contributed by atoms with Gasteiger partial charge in [0, 0.05) is 5.56 Å². The highest BCUT2D eigenvalue weighted by atomic mass is 35.5. The molecule has 2 aromatic carbocycles. The van der Waals surface area contributed by atoms with Crippen LogP contribution < -0.4 is 4.74 Å². The van der Waals surface area contributed by atoms with E-state index in [2.05, 4.69) is 0 Å². The smallest absolute Gasteiger partial charge is 0.426 e. The predicted molar refractivity (Wildman–Crippen MR) is 110 cm³/mol. The number of phenols is 1. The Morgan fingerprint density at radius 1 is 1.22 bits per heavy atom. The second-order valence-electron chi connectivity index (χ2n) is 7.95. The molecule has 3 unspecified atom stereocenters. The molecule has 1 fully saturated rings. The highest BCUT2D eigenvalue weighted by molar-refractivity contribution is 6.30. The number of hydrogen-bond donors (Lipinski definition) is 1. The van der Waals surface area contributed by atoms with Crippen LogP contribution in [0.1, 0.15) is 25.5 Å². The molecule has 5 nitrogen and oxygen atoms in total. The van der Waals surface area contributed by atoms with E-state index >= 15 is 0 Å². The van der Waals surface area contributed by atoms with Crippen molar-refractivity contribution in [3.8, 4) is 23.3 Å². The van der Waals surface area contributed by atoms with E-state index in [1.165, 1.54) is 18.2 Å². The fraction of sp³-hybridized carbons (Fsp3) is 0.304. The summed E-state index contributed by atoms with van der Waals surface area (Å²) in [6, 6.07) is 14.2. The molecule has 0 radical (unpaired) electrons. The van der Waals surface area contributed by atoms with E-state index in [1.54, 1.807) is 44.2 Å². The maximum absolute atomic E-state index is 12.7. The summed E-state index contributed by atoms with van der Waals surface area (Å²) >= 11 is 5.31. The second-order valence-corrected chi connectivity index (χ2v) is 8.36. The zero-order valence-corrected chi connectivity index (χ0v) is 17.8. The first-order chi connectivity index (χ1) is 14.9. The number of hydrogen-bond acceptors (Lipinski definition) is 5. The summed E-state index contributed by atoms with van der Waals surface area (Å²) in [5, 5.41) is 17.6. The summed E-state index contributed by atoms with van der Waals surface area (Å²) in [6.07, 6.45) is -5.15. The SMILES string of the molecule is CC1(C)C(C=C(Cl)C(F)(F)F)C1C(=O)OC(C#N)c1cccc(Oc2ccc(O)cc2)c1. The first-order valence-electron chi connectivity index (χ1n) is 9.55. The number of halogens is 4. The number of rotatable bonds is 6. The van der Waals surface area contributed by atoms with Gasteiger partial charge in [-0.3, -0.25) is 4.79 Å². The summed E-state index contributed by atoms with van der Waals surface area (Å²) in [5.74, 6) is -1.50. The minimum Gasteiger partial charge on any atom is -0.508 e. The van der Waals surface area contributed by atoms with E-state index < -0.39 is 40.5 Å². The van der Waals surface area contributed by atoms with E-state index in [-0.39, 0.29) is 5.75 Å². The first-order valence-corrected chi connectivity index (χ1v) is 9.92. The molecule has 168 valence electrons. The van der Waals surface area contributed by atoms with E-state index in [4.69, 9.17) is 21.1 Å². The second kappa shape index (κ2) is 8.75.